The van der Waals surface area contributed by atoms with Crippen molar-refractivity contribution in [2.75, 3.05) is 0 Å². The topological polar surface area (TPSA) is 54.4 Å². The second-order valence-corrected chi connectivity index (χ2v) is 3.94. The quantitative estimate of drug-likeness (QED) is 0.850. The first-order valence-electron chi connectivity index (χ1n) is 5.35. The molecule has 0 unspecified atom stereocenters. The molecule has 3 nitrogen and oxygen atoms in total. The number of carbonyl (C=O) groups excluding carboxylic acids is 1. The van der Waals surface area contributed by atoms with Gasteiger partial charge in [-0.15, -0.1) is 0 Å². The van der Waals surface area contributed by atoms with Gasteiger partial charge in [0.05, 0.1) is 6.42 Å². The Hall–Kier alpha value is -1.64. The molecule has 0 atom stereocenters. The van der Waals surface area contributed by atoms with Crippen molar-refractivity contribution in [3.63, 3.8) is 0 Å². The number of hydrogen-bond donors (Lipinski definition) is 1. The maximum atomic E-state index is 10.2. The number of carboxylic acids is 1. The first-order chi connectivity index (χ1) is 7.59. The summed E-state index contributed by atoms with van der Waals surface area (Å²) in [6.07, 6.45) is 2.41. The van der Waals surface area contributed by atoms with E-state index in [1.807, 2.05) is 18.2 Å². The van der Waals surface area contributed by atoms with E-state index in [-0.39, 0.29) is 6.42 Å². The number of benzene rings is 1. The van der Waals surface area contributed by atoms with Gasteiger partial charge in [-0.05, 0) is 25.3 Å². The Morgan fingerprint density at radius 2 is 1.81 bits per heavy atom. The van der Waals surface area contributed by atoms with E-state index in [2.05, 4.69) is 0 Å². The molecule has 1 N–H and O–H groups in total. The van der Waals surface area contributed by atoms with Crippen LogP contribution in [-0.4, -0.2) is 16.9 Å². The number of aliphatic carboxylic acids is 1. The summed E-state index contributed by atoms with van der Waals surface area (Å²) in [5.74, 6) is 0.0474. The van der Waals surface area contributed by atoms with Crippen molar-refractivity contribution in [2.24, 2.45) is 5.92 Å². The number of carbonyl (C=O) groups is 2. The highest BCUT2D eigenvalue weighted by Crippen LogP contribution is 2.29. The number of Topliss-reactive ketones (excluding diaryl/α,β-unsaturated/α-hetero) is 1. The van der Waals surface area contributed by atoms with E-state index in [0.717, 1.165) is 18.4 Å². The van der Waals surface area contributed by atoms with Crippen LogP contribution in [0.1, 0.15) is 25.3 Å². The molecule has 1 aliphatic carbocycles. The molecule has 1 aromatic carbocycles. The zero-order chi connectivity index (χ0) is 12.0. The Balaban J connectivity index is 0.000000181. The molecule has 16 heavy (non-hydrogen) atoms. The lowest BCUT2D eigenvalue weighted by Crippen LogP contribution is -1.98. The highest BCUT2D eigenvalue weighted by atomic mass is 16.4. The van der Waals surface area contributed by atoms with Crippen molar-refractivity contribution in [3.05, 3.63) is 35.9 Å². The van der Waals surface area contributed by atoms with Gasteiger partial charge in [0.15, 0.2) is 0 Å². The van der Waals surface area contributed by atoms with Crippen LogP contribution >= 0.6 is 0 Å². The molecule has 0 radical (unpaired) electrons. The Kier molecular flexibility index (Phi) is 4.70. The van der Waals surface area contributed by atoms with Crippen LogP contribution in [0.3, 0.4) is 0 Å². The largest absolute Gasteiger partial charge is 0.481 e. The molecule has 0 aliphatic heterocycles. The maximum Gasteiger partial charge on any atom is 0.307 e. The Labute approximate surface area is 95.1 Å². The molecule has 1 aromatic rings. The lowest BCUT2D eigenvalue weighted by molar-refractivity contribution is -0.136. The van der Waals surface area contributed by atoms with E-state index in [0.29, 0.717) is 11.7 Å². The number of ketones is 1. The molecule has 1 aliphatic rings. The van der Waals surface area contributed by atoms with Gasteiger partial charge in [-0.25, -0.2) is 0 Å². The number of carboxylic acid groups (broad SMARTS) is 1. The SMILES string of the molecule is CC(=O)C1CC1.O=C(O)Cc1ccccc1. The van der Waals surface area contributed by atoms with Crippen molar-refractivity contribution in [2.45, 2.75) is 26.2 Å². The summed E-state index contributed by atoms with van der Waals surface area (Å²) in [6, 6.07) is 9.13. The fourth-order valence-electron chi connectivity index (χ4n) is 1.26. The summed E-state index contributed by atoms with van der Waals surface area (Å²) < 4.78 is 0. The lowest BCUT2D eigenvalue weighted by Gasteiger charge is -1.92. The van der Waals surface area contributed by atoms with Crippen LogP contribution in [0.25, 0.3) is 0 Å². The van der Waals surface area contributed by atoms with Crippen LogP contribution in [0.15, 0.2) is 30.3 Å². The van der Waals surface area contributed by atoms with E-state index in [1.165, 1.54) is 0 Å². The van der Waals surface area contributed by atoms with E-state index in [4.69, 9.17) is 5.11 Å². The highest BCUT2D eigenvalue weighted by Gasteiger charge is 2.25. The molecule has 1 fully saturated rings. The van der Waals surface area contributed by atoms with Crippen molar-refractivity contribution < 1.29 is 14.7 Å². The van der Waals surface area contributed by atoms with E-state index < -0.39 is 5.97 Å². The molecule has 0 saturated heterocycles. The van der Waals surface area contributed by atoms with E-state index in [1.54, 1.807) is 19.1 Å². The van der Waals surface area contributed by atoms with E-state index in [9.17, 15) is 9.59 Å². The minimum Gasteiger partial charge on any atom is -0.481 e. The van der Waals surface area contributed by atoms with Crippen LogP contribution in [-0.2, 0) is 16.0 Å². The Morgan fingerprint density at radius 1 is 1.25 bits per heavy atom. The standard InChI is InChI=1S/C8H8O2.C5H8O/c9-8(10)6-7-4-2-1-3-5-7;1-4(6)5-2-3-5/h1-5H,6H2,(H,9,10);5H,2-3H2,1H3. The highest BCUT2D eigenvalue weighted by molar-refractivity contribution is 5.80. The van der Waals surface area contributed by atoms with Crippen molar-refractivity contribution in [1.29, 1.82) is 0 Å². The van der Waals surface area contributed by atoms with Gasteiger partial charge in [0.25, 0.3) is 0 Å². The van der Waals surface area contributed by atoms with Gasteiger partial charge in [0.2, 0.25) is 0 Å². The van der Waals surface area contributed by atoms with Crippen molar-refractivity contribution >= 4 is 11.8 Å². The fourth-order valence-corrected chi connectivity index (χ4v) is 1.26. The summed E-state index contributed by atoms with van der Waals surface area (Å²) in [5.41, 5.74) is 0.843. The molecule has 86 valence electrons. The molecule has 0 bridgehead atoms. The molecule has 0 amide bonds. The maximum absolute atomic E-state index is 10.2. The molecule has 0 aromatic heterocycles. The molecule has 2 rings (SSSR count). The average molecular weight is 220 g/mol. The van der Waals surface area contributed by atoms with Crippen molar-refractivity contribution in [3.8, 4) is 0 Å². The third-order valence-corrected chi connectivity index (χ3v) is 2.35. The predicted octanol–water partition coefficient (Wildman–Crippen LogP) is 2.30. The monoisotopic (exact) mass is 220 g/mol. The molecule has 0 heterocycles. The zero-order valence-electron chi connectivity index (χ0n) is 9.35. The second kappa shape index (κ2) is 6.05. The van der Waals surface area contributed by atoms with Crippen LogP contribution in [0, 0.1) is 5.92 Å². The number of hydrogen-bond acceptors (Lipinski definition) is 2. The lowest BCUT2D eigenvalue weighted by atomic mass is 10.2. The normalized spacial score (nSPS) is 13.6. The fraction of sp³-hybridized carbons (Fsp3) is 0.385. The zero-order valence-corrected chi connectivity index (χ0v) is 9.35. The minimum atomic E-state index is -0.786. The van der Waals surface area contributed by atoms with Gasteiger partial charge in [-0.3, -0.25) is 9.59 Å². The first kappa shape index (κ1) is 12.4. The van der Waals surface area contributed by atoms with Gasteiger partial charge < -0.3 is 5.11 Å². The smallest absolute Gasteiger partial charge is 0.307 e. The molecular formula is C13H16O3. The van der Waals surface area contributed by atoms with Gasteiger partial charge in [0.1, 0.15) is 5.78 Å². The Morgan fingerprint density at radius 3 is 2.12 bits per heavy atom. The van der Waals surface area contributed by atoms with Gasteiger partial charge in [0, 0.05) is 5.92 Å². The summed E-state index contributed by atoms with van der Waals surface area (Å²) in [7, 11) is 0. The third kappa shape index (κ3) is 5.29. The minimum absolute atomic E-state index is 0.112. The molecule has 1 saturated carbocycles. The van der Waals surface area contributed by atoms with Crippen LogP contribution in [0.4, 0.5) is 0 Å². The van der Waals surface area contributed by atoms with Crippen LogP contribution < -0.4 is 0 Å². The number of rotatable bonds is 3. The summed E-state index contributed by atoms with van der Waals surface area (Å²) in [4.78, 5) is 20.4. The molecular weight excluding hydrogens is 204 g/mol. The van der Waals surface area contributed by atoms with Gasteiger partial charge in [-0.2, -0.15) is 0 Å². The van der Waals surface area contributed by atoms with Crippen molar-refractivity contribution in [1.82, 2.24) is 0 Å². The third-order valence-electron chi connectivity index (χ3n) is 2.35. The van der Waals surface area contributed by atoms with Crippen LogP contribution in [0.2, 0.25) is 0 Å². The summed E-state index contributed by atoms with van der Waals surface area (Å²) >= 11 is 0. The van der Waals surface area contributed by atoms with Gasteiger partial charge in [-0.1, -0.05) is 30.3 Å². The van der Waals surface area contributed by atoms with Gasteiger partial charge >= 0.3 is 5.97 Å². The Bertz CT molecular complexity index is 353. The van der Waals surface area contributed by atoms with Crippen LogP contribution in [0.5, 0.6) is 0 Å². The first-order valence-corrected chi connectivity index (χ1v) is 5.35. The van der Waals surface area contributed by atoms with E-state index >= 15 is 0 Å². The predicted molar refractivity (Wildman–Crippen MR) is 61.2 cm³/mol. The summed E-state index contributed by atoms with van der Waals surface area (Å²) in [6.45, 7) is 1.66. The average Bonchev–Trinajstić information content (AvgIpc) is 3.02. The molecule has 0 spiro atoms. The molecule has 3 heteroatoms. The second-order valence-electron chi connectivity index (χ2n) is 3.94. The summed E-state index contributed by atoms with van der Waals surface area (Å²) in [5, 5.41) is 8.37.